The van der Waals surface area contributed by atoms with Gasteiger partial charge in [0.05, 0.1) is 0 Å². The lowest BCUT2D eigenvalue weighted by Crippen LogP contribution is -2.22. The summed E-state index contributed by atoms with van der Waals surface area (Å²) in [5, 5.41) is 0. The van der Waals surface area contributed by atoms with Crippen LogP contribution >= 0.6 is 11.8 Å². The summed E-state index contributed by atoms with van der Waals surface area (Å²) < 4.78 is 1.61. The summed E-state index contributed by atoms with van der Waals surface area (Å²) in [5.74, 6) is 0.950. The van der Waals surface area contributed by atoms with Crippen LogP contribution < -0.4 is 5.69 Å². The molecular formula is C7H10N2OS. The number of nitrogens with zero attached hydrogens (tertiary/aromatic N) is 2. The summed E-state index contributed by atoms with van der Waals surface area (Å²) >= 11 is 1.72. The Bertz CT molecular complexity index is 271. The van der Waals surface area contributed by atoms with E-state index in [0.29, 0.717) is 0 Å². The van der Waals surface area contributed by atoms with Gasteiger partial charge >= 0.3 is 5.69 Å². The fourth-order valence-electron chi connectivity index (χ4n) is 0.747. The van der Waals surface area contributed by atoms with Gasteiger partial charge in [0.25, 0.3) is 0 Å². The maximum atomic E-state index is 11.0. The molecule has 1 aromatic rings. The van der Waals surface area contributed by atoms with Crippen molar-refractivity contribution in [2.24, 2.45) is 0 Å². The highest BCUT2D eigenvalue weighted by atomic mass is 32.2. The van der Waals surface area contributed by atoms with Crippen LogP contribution in [0, 0.1) is 0 Å². The van der Waals surface area contributed by atoms with Crippen LogP contribution in [0.3, 0.4) is 0 Å². The Morgan fingerprint density at radius 2 is 2.55 bits per heavy atom. The van der Waals surface area contributed by atoms with Gasteiger partial charge in [-0.1, -0.05) is 0 Å². The Morgan fingerprint density at radius 1 is 1.73 bits per heavy atom. The molecule has 0 radical (unpaired) electrons. The van der Waals surface area contributed by atoms with Crippen molar-refractivity contribution in [1.29, 1.82) is 0 Å². The van der Waals surface area contributed by atoms with Crippen molar-refractivity contribution in [3.8, 4) is 0 Å². The smallest absolute Gasteiger partial charge is 0.298 e. The zero-order valence-corrected chi connectivity index (χ0v) is 7.17. The summed E-state index contributed by atoms with van der Waals surface area (Å²) in [7, 11) is 0. The van der Waals surface area contributed by atoms with Gasteiger partial charge in [0.2, 0.25) is 0 Å². The number of hydrogen-bond acceptors (Lipinski definition) is 3. The number of rotatable bonds is 3. The van der Waals surface area contributed by atoms with Crippen LogP contribution in [0.15, 0.2) is 23.3 Å². The first-order valence-corrected chi connectivity index (χ1v) is 4.74. The molecule has 3 nitrogen and oxygen atoms in total. The van der Waals surface area contributed by atoms with E-state index >= 15 is 0 Å². The molecule has 0 atom stereocenters. The average Bonchev–Trinajstić information content (AvgIpc) is 2.03. The maximum absolute atomic E-state index is 11.0. The third-order valence-electron chi connectivity index (χ3n) is 1.32. The lowest BCUT2D eigenvalue weighted by Gasteiger charge is -2.00. The molecule has 0 saturated heterocycles. The van der Waals surface area contributed by atoms with E-state index in [4.69, 9.17) is 0 Å². The van der Waals surface area contributed by atoms with Crippen molar-refractivity contribution in [1.82, 2.24) is 9.55 Å². The molecular weight excluding hydrogens is 160 g/mol. The van der Waals surface area contributed by atoms with E-state index in [0.717, 1.165) is 12.3 Å². The Kier molecular flexibility index (Phi) is 3.16. The molecule has 1 heterocycles. The van der Waals surface area contributed by atoms with Gasteiger partial charge in [-0.05, 0) is 12.3 Å². The van der Waals surface area contributed by atoms with Gasteiger partial charge in [0.1, 0.15) is 0 Å². The normalized spacial score (nSPS) is 9.91. The van der Waals surface area contributed by atoms with E-state index in [1.807, 2.05) is 6.26 Å². The maximum Gasteiger partial charge on any atom is 0.347 e. The lowest BCUT2D eigenvalue weighted by atomic mass is 10.6. The first-order valence-electron chi connectivity index (χ1n) is 3.35. The first-order chi connectivity index (χ1) is 5.34. The molecule has 1 rings (SSSR count). The van der Waals surface area contributed by atoms with Crippen LogP contribution in [-0.4, -0.2) is 21.6 Å². The minimum Gasteiger partial charge on any atom is -0.298 e. The highest BCUT2D eigenvalue weighted by Crippen LogP contribution is 1.91. The summed E-state index contributed by atoms with van der Waals surface area (Å²) in [4.78, 5) is 14.6. The number of aryl methyl sites for hydroxylation is 1. The van der Waals surface area contributed by atoms with Crippen LogP contribution in [0.5, 0.6) is 0 Å². The molecule has 0 aliphatic heterocycles. The first kappa shape index (κ1) is 8.33. The van der Waals surface area contributed by atoms with Gasteiger partial charge in [-0.25, -0.2) is 9.78 Å². The molecule has 0 spiro atoms. The summed E-state index contributed by atoms with van der Waals surface area (Å²) in [6.45, 7) is 0.744. The summed E-state index contributed by atoms with van der Waals surface area (Å²) in [6.07, 6.45) is 5.28. The van der Waals surface area contributed by atoms with Crippen LogP contribution in [0.2, 0.25) is 0 Å². The van der Waals surface area contributed by atoms with E-state index < -0.39 is 0 Å². The minimum atomic E-state index is -0.165. The van der Waals surface area contributed by atoms with Gasteiger partial charge in [-0.3, -0.25) is 4.57 Å². The zero-order chi connectivity index (χ0) is 8.10. The molecule has 4 heteroatoms. The Balaban J connectivity index is 2.70. The van der Waals surface area contributed by atoms with Crippen molar-refractivity contribution < 1.29 is 0 Å². The molecule has 0 saturated carbocycles. The van der Waals surface area contributed by atoms with Crippen molar-refractivity contribution in [2.45, 2.75) is 6.54 Å². The molecule has 0 bridgehead atoms. The van der Waals surface area contributed by atoms with Crippen molar-refractivity contribution >= 4 is 11.8 Å². The van der Waals surface area contributed by atoms with E-state index in [2.05, 4.69) is 4.98 Å². The second kappa shape index (κ2) is 4.18. The molecule has 0 fully saturated rings. The Labute approximate surface area is 69.5 Å². The predicted octanol–water partition coefficient (Wildman–Crippen LogP) is 0.606. The predicted molar refractivity (Wildman–Crippen MR) is 46.9 cm³/mol. The standard InChI is InChI=1S/C7H10N2OS/c1-11-6-5-9-4-2-3-8-7(9)10/h2-4H,5-6H2,1H3. The van der Waals surface area contributed by atoms with Crippen LogP contribution in [0.4, 0.5) is 0 Å². The fourth-order valence-corrected chi connectivity index (χ4v) is 1.13. The largest absolute Gasteiger partial charge is 0.347 e. The lowest BCUT2D eigenvalue weighted by molar-refractivity contribution is 0.706. The monoisotopic (exact) mass is 170 g/mol. The van der Waals surface area contributed by atoms with Crippen molar-refractivity contribution in [3.63, 3.8) is 0 Å². The van der Waals surface area contributed by atoms with Gasteiger partial charge in [-0.15, -0.1) is 0 Å². The Hall–Kier alpha value is -0.770. The molecule has 0 aromatic carbocycles. The van der Waals surface area contributed by atoms with E-state index in [-0.39, 0.29) is 5.69 Å². The number of hydrogen-bond donors (Lipinski definition) is 0. The molecule has 0 unspecified atom stereocenters. The van der Waals surface area contributed by atoms with Gasteiger partial charge in [0.15, 0.2) is 0 Å². The second-order valence-electron chi connectivity index (χ2n) is 2.09. The second-order valence-corrected chi connectivity index (χ2v) is 3.07. The van der Waals surface area contributed by atoms with Gasteiger partial charge < -0.3 is 0 Å². The van der Waals surface area contributed by atoms with Crippen molar-refractivity contribution in [2.75, 3.05) is 12.0 Å². The van der Waals surface area contributed by atoms with Crippen LogP contribution in [-0.2, 0) is 6.54 Å². The molecule has 0 N–H and O–H groups in total. The fraction of sp³-hybridized carbons (Fsp3) is 0.429. The number of aromatic nitrogens is 2. The SMILES string of the molecule is CSCCn1cccnc1=O. The zero-order valence-electron chi connectivity index (χ0n) is 6.36. The molecule has 60 valence electrons. The third-order valence-corrected chi connectivity index (χ3v) is 1.91. The highest BCUT2D eigenvalue weighted by Gasteiger charge is 1.91. The quantitative estimate of drug-likeness (QED) is 0.666. The van der Waals surface area contributed by atoms with Crippen LogP contribution in [0.1, 0.15) is 0 Å². The molecule has 0 aliphatic rings. The van der Waals surface area contributed by atoms with Gasteiger partial charge in [-0.2, -0.15) is 11.8 Å². The van der Waals surface area contributed by atoms with E-state index in [1.165, 1.54) is 6.20 Å². The molecule has 11 heavy (non-hydrogen) atoms. The van der Waals surface area contributed by atoms with Crippen molar-refractivity contribution in [3.05, 3.63) is 28.9 Å². The molecule has 0 aliphatic carbocycles. The number of thioether (sulfide) groups is 1. The van der Waals surface area contributed by atoms with Crippen LogP contribution in [0.25, 0.3) is 0 Å². The highest BCUT2D eigenvalue weighted by molar-refractivity contribution is 7.98. The third kappa shape index (κ3) is 2.38. The summed E-state index contributed by atoms with van der Waals surface area (Å²) in [6, 6.07) is 1.77. The topological polar surface area (TPSA) is 34.9 Å². The Morgan fingerprint density at radius 3 is 3.18 bits per heavy atom. The summed E-state index contributed by atoms with van der Waals surface area (Å²) in [5.41, 5.74) is -0.165. The molecule has 0 amide bonds. The van der Waals surface area contributed by atoms with Gasteiger partial charge in [0, 0.05) is 24.7 Å². The van der Waals surface area contributed by atoms with E-state index in [1.54, 1.807) is 28.6 Å². The minimum absolute atomic E-state index is 0.165. The van der Waals surface area contributed by atoms with E-state index in [9.17, 15) is 4.79 Å². The molecule has 1 aromatic heterocycles. The average molecular weight is 170 g/mol.